The standard InChI is InChI=1S/C12H31NSi2.C6H13Cl.C6H15N.C4H8O.ClH/c1-11(2)10-12(3)13(14(4,5)6)15(7,8)9;2*1-5(2)4-6(3)7;1-2-4-5-3-1;/h11-12H,10H2,1-9H3;5-6H,4H2,1-3H3;5-6H,4,7H2,1-3H3;1-4H2;1H. The number of nitrogens with zero attached hydrogens (tertiary/aromatic N) is 1. The minimum absolute atomic E-state index is 0. The number of ether oxygens (including phenoxy) is 1. The highest BCUT2D eigenvalue weighted by molar-refractivity contribution is 6.89. The van der Waals surface area contributed by atoms with Crippen molar-refractivity contribution < 1.29 is 22.9 Å². The summed E-state index contributed by atoms with van der Waals surface area (Å²) in [6.07, 6.45) is 6.27. The van der Waals surface area contributed by atoms with Crippen LogP contribution >= 0.6 is 11.6 Å². The van der Waals surface area contributed by atoms with Crippen molar-refractivity contribution in [2.45, 2.75) is 151 Å². The fourth-order valence-corrected chi connectivity index (χ4v) is 16.3. The SMILES string of the molecule is C1CCOC1.CC(C)CC(C)Cl.CC(C)CC(C)N([Si](C)(C)C)[Si](C)(C)C.CC(C)CC(C)[NH3+].[Cl-]. The van der Waals surface area contributed by atoms with E-state index in [1.54, 1.807) is 0 Å². The zero-order chi connectivity index (χ0) is 27.7. The summed E-state index contributed by atoms with van der Waals surface area (Å²) < 4.78 is 7.86. The van der Waals surface area contributed by atoms with Crippen LogP contribution in [0.25, 0.3) is 0 Å². The molecule has 3 N–H and O–H groups in total. The van der Waals surface area contributed by atoms with Crippen molar-refractivity contribution in [1.82, 2.24) is 4.23 Å². The van der Waals surface area contributed by atoms with E-state index in [4.69, 9.17) is 16.3 Å². The zero-order valence-electron chi connectivity index (χ0n) is 26.7. The lowest BCUT2D eigenvalue weighted by Crippen LogP contribution is -3.00. The van der Waals surface area contributed by atoms with Gasteiger partial charge in [0.1, 0.15) is 16.5 Å². The van der Waals surface area contributed by atoms with Crippen LogP contribution in [0.15, 0.2) is 0 Å². The van der Waals surface area contributed by atoms with Gasteiger partial charge < -0.3 is 27.1 Å². The Balaban J connectivity index is -0.000000201. The van der Waals surface area contributed by atoms with E-state index in [0.717, 1.165) is 43.4 Å². The van der Waals surface area contributed by atoms with Crippen molar-refractivity contribution in [3.05, 3.63) is 0 Å². The summed E-state index contributed by atoms with van der Waals surface area (Å²) in [5.41, 5.74) is 3.88. The van der Waals surface area contributed by atoms with Crippen LogP contribution in [0.3, 0.4) is 0 Å². The van der Waals surface area contributed by atoms with Crippen molar-refractivity contribution in [3.63, 3.8) is 0 Å². The molecule has 1 saturated heterocycles. The zero-order valence-corrected chi connectivity index (χ0v) is 30.2. The highest BCUT2D eigenvalue weighted by Crippen LogP contribution is 2.25. The van der Waals surface area contributed by atoms with Gasteiger partial charge in [-0.2, -0.15) is 0 Å². The average molecular weight is 576 g/mol. The van der Waals surface area contributed by atoms with Crippen LogP contribution < -0.4 is 18.1 Å². The molecule has 0 aromatic carbocycles. The van der Waals surface area contributed by atoms with Crippen molar-refractivity contribution in [1.29, 1.82) is 0 Å². The summed E-state index contributed by atoms with van der Waals surface area (Å²) in [4.78, 5) is 0. The molecule has 1 rings (SSSR count). The van der Waals surface area contributed by atoms with Crippen molar-refractivity contribution in [3.8, 4) is 0 Å². The molecule has 1 aliphatic rings. The molecule has 0 aromatic rings. The molecule has 7 heteroatoms. The van der Waals surface area contributed by atoms with E-state index in [9.17, 15) is 0 Å². The van der Waals surface area contributed by atoms with Crippen LogP contribution in [0.4, 0.5) is 0 Å². The third-order valence-electron chi connectivity index (χ3n) is 5.20. The molecule has 3 unspecified atom stereocenters. The molecule has 0 radical (unpaired) electrons. The van der Waals surface area contributed by atoms with Crippen molar-refractivity contribution in [2.24, 2.45) is 17.8 Å². The Morgan fingerprint density at radius 3 is 1.14 bits per heavy atom. The van der Waals surface area contributed by atoms with E-state index in [2.05, 4.69) is 105 Å². The van der Waals surface area contributed by atoms with Crippen molar-refractivity contribution >= 4 is 28.1 Å². The van der Waals surface area contributed by atoms with Crippen LogP contribution in [0.2, 0.25) is 39.3 Å². The number of hydrogen-bond donors (Lipinski definition) is 1. The summed E-state index contributed by atoms with van der Waals surface area (Å²) in [6, 6.07) is 1.39. The van der Waals surface area contributed by atoms with Crippen LogP contribution in [-0.2, 0) is 4.74 Å². The molecule has 0 spiro atoms. The molecular formula is C28H68Cl2N2OSi2. The largest absolute Gasteiger partial charge is 1.00 e. The highest BCUT2D eigenvalue weighted by Gasteiger charge is 2.37. The molecule has 1 heterocycles. The first-order chi connectivity index (χ1) is 15.2. The second kappa shape index (κ2) is 22.8. The second-order valence-corrected chi connectivity index (χ2v) is 24.5. The van der Waals surface area contributed by atoms with Gasteiger partial charge in [-0.15, -0.1) is 11.6 Å². The van der Waals surface area contributed by atoms with Gasteiger partial charge >= 0.3 is 0 Å². The molecule has 3 nitrogen and oxygen atoms in total. The number of halogens is 2. The maximum Gasteiger partial charge on any atom is 0.112 e. The maximum absolute atomic E-state index is 5.67. The van der Waals surface area contributed by atoms with E-state index in [1.165, 1.54) is 25.7 Å². The molecule has 0 bridgehead atoms. The minimum atomic E-state index is -1.16. The number of hydrogen-bond acceptors (Lipinski definition) is 2. The first kappa shape index (κ1) is 43.0. The minimum Gasteiger partial charge on any atom is -1.00 e. The summed E-state index contributed by atoms with van der Waals surface area (Å²) >= 11 is 5.67. The van der Waals surface area contributed by atoms with Crippen LogP contribution in [0.1, 0.15) is 94.4 Å². The van der Waals surface area contributed by atoms with Gasteiger partial charge in [0, 0.05) is 25.0 Å². The summed E-state index contributed by atoms with van der Waals surface area (Å²) in [5, 5.41) is 0.347. The molecule has 0 aliphatic carbocycles. The molecule has 1 fully saturated rings. The van der Waals surface area contributed by atoms with Crippen LogP contribution in [0, 0.1) is 17.8 Å². The highest BCUT2D eigenvalue weighted by atomic mass is 35.5. The van der Waals surface area contributed by atoms with E-state index < -0.39 is 16.5 Å². The molecule has 218 valence electrons. The molecule has 1 aliphatic heterocycles. The number of rotatable bonds is 9. The molecule has 0 amide bonds. The number of quaternary nitrogens is 1. The Bertz CT molecular complexity index is 398. The Hall–Kier alpha value is 0.894. The van der Waals surface area contributed by atoms with Gasteiger partial charge in [0.05, 0.1) is 6.04 Å². The fraction of sp³-hybridized carbons (Fsp3) is 1.00. The Kier molecular flexibility index (Phi) is 28.0. The molecule has 3 atom stereocenters. The maximum atomic E-state index is 5.67. The number of alkyl halides is 1. The Labute approximate surface area is 236 Å². The smallest absolute Gasteiger partial charge is 0.112 e. The van der Waals surface area contributed by atoms with E-state index in [0.29, 0.717) is 11.4 Å². The lowest BCUT2D eigenvalue weighted by Gasteiger charge is -2.48. The summed E-state index contributed by atoms with van der Waals surface area (Å²) in [5.74, 6) is 2.37. The molecule has 0 aromatic heterocycles. The van der Waals surface area contributed by atoms with Crippen molar-refractivity contribution in [2.75, 3.05) is 13.2 Å². The summed E-state index contributed by atoms with van der Waals surface area (Å²) in [6.45, 7) is 37.0. The fourth-order valence-electron chi connectivity index (χ4n) is 5.08. The first-order valence-electron chi connectivity index (χ1n) is 14.1. The Morgan fingerprint density at radius 2 is 1.03 bits per heavy atom. The molecule has 35 heavy (non-hydrogen) atoms. The van der Waals surface area contributed by atoms with E-state index in [-0.39, 0.29) is 12.4 Å². The van der Waals surface area contributed by atoms with Gasteiger partial charge in [-0.1, -0.05) is 87.7 Å². The van der Waals surface area contributed by atoms with E-state index in [1.807, 2.05) is 6.92 Å². The normalized spacial score (nSPS) is 16.4. The van der Waals surface area contributed by atoms with Crippen LogP contribution in [-0.4, -0.2) is 51.4 Å². The van der Waals surface area contributed by atoms with Gasteiger partial charge in [0.2, 0.25) is 0 Å². The van der Waals surface area contributed by atoms with Gasteiger partial charge in [-0.05, 0) is 63.3 Å². The lowest BCUT2D eigenvalue weighted by molar-refractivity contribution is -0.416. The molecular weight excluding hydrogens is 507 g/mol. The van der Waals surface area contributed by atoms with Gasteiger partial charge in [0.25, 0.3) is 0 Å². The second-order valence-electron chi connectivity index (χ2n) is 13.7. The van der Waals surface area contributed by atoms with Gasteiger partial charge in [-0.3, -0.25) is 0 Å². The van der Waals surface area contributed by atoms with Crippen LogP contribution in [0.5, 0.6) is 0 Å². The predicted molar refractivity (Wildman–Crippen MR) is 164 cm³/mol. The van der Waals surface area contributed by atoms with Gasteiger partial charge in [-0.25, -0.2) is 0 Å². The van der Waals surface area contributed by atoms with Gasteiger partial charge in [0.15, 0.2) is 0 Å². The third kappa shape index (κ3) is 32.9. The topological polar surface area (TPSA) is 40.1 Å². The lowest BCUT2D eigenvalue weighted by atomic mass is 10.1. The predicted octanol–water partition coefficient (Wildman–Crippen LogP) is 5.52. The average Bonchev–Trinajstić information content (AvgIpc) is 3.08. The quantitative estimate of drug-likeness (QED) is 0.291. The Morgan fingerprint density at radius 1 is 0.686 bits per heavy atom. The molecule has 0 saturated carbocycles. The third-order valence-corrected chi connectivity index (χ3v) is 13.2. The summed E-state index contributed by atoms with van der Waals surface area (Å²) in [7, 11) is -2.31. The first-order valence-corrected chi connectivity index (χ1v) is 21.4. The monoisotopic (exact) mass is 574 g/mol. The van der Waals surface area contributed by atoms with E-state index >= 15 is 0 Å².